The quantitative estimate of drug-likeness (QED) is 0.587. The van der Waals surface area contributed by atoms with E-state index in [-0.39, 0.29) is 12.1 Å². The van der Waals surface area contributed by atoms with Crippen molar-refractivity contribution >= 4 is 24.6 Å². The largest absolute Gasteiger partial charge is 0.382 e. The molecule has 3 aromatic rings. The molecule has 0 radical (unpaired) electrons. The van der Waals surface area contributed by atoms with E-state index < -0.39 is 7.60 Å². The molecule has 2 aromatic heterocycles. The summed E-state index contributed by atoms with van der Waals surface area (Å²) in [7, 11) is -3.91. The van der Waals surface area contributed by atoms with Crippen LogP contribution in [0.2, 0.25) is 0 Å². The van der Waals surface area contributed by atoms with Crippen molar-refractivity contribution in [3.8, 4) is 5.69 Å². The molecule has 4 rings (SSSR count). The Labute approximate surface area is 156 Å². The number of benzene rings is 1. The van der Waals surface area contributed by atoms with Crippen LogP contribution in [0.1, 0.15) is 37.2 Å². The average molecular weight is 387 g/mol. The number of aromatic nitrogens is 4. The molecule has 1 fully saturated rings. The van der Waals surface area contributed by atoms with E-state index in [0.29, 0.717) is 22.9 Å². The van der Waals surface area contributed by atoms with Gasteiger partial charge in [0.1, 0.15) is 12.7 Å². The molecule has 1 aromatic carbocycles. The lowest BCUT2D eigenvalue weighted by molar-refractivity contribution is 0.316. The van der Waals surface area contributed by atoms with E-state index in [1.807, 2.05) is 16.7 Å². The van der Waals surface area contributed by atoms with Crippen molar-refractivity contribution in [3.63, 3.8) is 0 Å². The topological polar surface area (TPSA) is 127 Å². The van der Waals surface area contributed by atoms with Crippen LogP contribution in [0.25, 0.3) is 16.9 Å². The maximum absolute atomic E-state index is 11.2. The van der Waals surface area contributed by atoms with Crippen LogP contribution in [0.3, 0.4) is 0 Å². The molecule has 0 unspecified atom stereocenters. The fourth-order valence-corrected chi connectivity index (χ4v) is 5.00. The Hall–Kier alpha value is -2.28. The fourth-order valence-electron chi connectivity index (χ4n) is 3.96. The second-order valence-corrected chi connectivity index (χ2v) is 8.90. The monoisotopic (exact) mass is 387 g/mol. The van der Waals surface area contributed by atoms with Gasteiger partial charge in [-0.25, -0.2) is 15.0 Å². The van der Waals surface area contributed by atoms with Crippen LogP contribution in [0.5, 0.6) is 0 Å². The van der Waals surface area contributed by atoms with Crippen molar-refractivity contribution in [2.45, 2.75) is 31.6 Å². The summed E-state index contributed by atoms with van der Waals surface area (Å²) in [6.45, 7) is 0. The van der Waals surface area contributed by atoms with E-state index in [9.17, 15) is 4.57 Å². The van der Waals surface area contributed by atoms with Crippen LogP contribution < -0.4 is 5.73 Å². The summed E-state index contributed by atoms with van der Waals surface area (Å²) < 4.78 is 13.1. The second-order valence-electron chi connectivity index (χ2n) is 7.20. The van der Waals surface area contributed by atoms with Gasteiger partial charge in [0.15, 0.2) is 17.0 Å². The number of rotatable bonds is 4. The Bertz CT molecular complexity index is 990. The number of hydrogen-bond acceptors (Lipinski definition) is 5. The van der Waals surface area contributed by atoms with Gasteiger partial charge in [-0.05, 0) is 55.2 Å². The minimum Gasteiger partial charge on any atom is -0.382 e. The third-order valence-corrected chi connectivity index (χ3v) is 6.34. The third-order valence-electron chi connectivity index (χ3n) is 5.35. The van der Waals surface area contributed by atoms with Crippen LogP contribution in [-0.2, 0) is 4.57 Å². The number of nitrogens with zero attached hydrogens (tertiary/aromatic N) is 4. The zero-order valence-corrected chi connectivity index (χ0v) is 15.7. The molecular formula is C18H22N5O3P. The van der Waals surface area contributed by atoms with Crippen molar-refractivity contribution in [2.75, 3.05) is 11.9 Å². The summed E-state index contributed by atoms with van der Waals surface area (Å²) in [6.07, 6.45) is 6.78. The molecular weight excluding hydrogens is 365 g/mol. The smallest absolute Gasteiger partial charge is 0.325 e. The minimum absolute atomic E-state index is 0.0113. The Balaban J connectivity index is 1.48. The van der Waals surface area contributed by atoms with Crippen molar-refractivity contribution in [2.24, 2.45) is 5.92 Å². The molecule has 0 spiro atoms. The number of nitrogen functional groups attached to an aromatic ring is 1. The van der Waals surface area contributed by atoms with Gasteiger partial charge in [0.2, 0.25) is 0 Å². The van der Waals surface area contributed by atoms with Crippen molar-refractivity contribution in [1.82, 2.24) is 19.5 Å². The number of hydrogen-bond donors (Lipinski definition) is 3. The summed E-state index contributed by atoms with van der Waals surface area (Å²) in [4.78, 5) is 30.8. The van der Waals surface area contributed by atoms with Crippen molar-refractivity contribution < 1.29 is 14.4 Å². The highest BCUT2D eigenvalue weighted by Crippen LogP contribution is 2.44. The lowest BCUT2D eigenvalue weighted by Gasteiger charge is -2.29. The Morgan fingerprint density at radius 3 is 2.44 bits per heavy atom. The van der Waals surface area contributed by atoms with Crippen LogP contribution in [0.4, 0.5) is 5.82 Å². The zero-order chi connectivity index (χ0) is 19.0. The van der Waals surface area contributed by atoms with E-state index in [0.717, 1.165) is 31.4 Å². The van der Waals surface area contributed by atoms with Gasteiger partial charge in [-0.2, -0.15) is 0 Å². The highest BCUT2D eigenvalue weighted by atomic mass is 31.2. The first-order valence-electron chi connectivity index (χ1n) is 8.99. The number of nitrogens with two attached hydrogens (primary N) is 1. The van der Waals surface area contributed by atoms with E-state index in [1.54, 1.807) is 6.33 Å². The SMILES string of the molecule is Nc1ncnc2c1ncn2-c1ccc([C@H]2CC[C@H](CP(=O)(O)O)CC2)cc1. The molecule has 2 heterocycles. The number of anilines is 1. The molecule has 1 aliphatic rings. The molecule has 0 amide bonds. The molecule has 0 atom stereocenters. The molecule has 27 heavy (non-hydrogen) atoms. The number of fused-ring (bicyclic) bond motifs is 1. The van der Waals surface area contributed by atoms with Gasteiger partial charge >= 0.3 is 7.60 Å². The Kier molecular flexibility index (Phi) is 4.72. The van der Waals surface area contributed by atoms with Crippen LogP contribution in [-0.4, -0.2) is 35.5 Å². The van der Waals surface area contributed by atoms with Gasteiger partial charge in [-0.3, -0.25) is 9.13 Å². The predicted octanol–water partition coefficient (Wildman–Crippen LogP) is 2.85. The first-order valence-corrected chi connectivity index (χ1v) is 10.8. The lowest BCUT2D eigenvalue weighted by Crippen LogP contribution is -2.16. The molecule has 0 saturated heterocycles. The molecule has 0 bridgehead atoms. The minimum atomic E-state index is -3.91. The normalized spacial score (nSPS) is 20.8. The highest BCUT2D eigenvalue weighted by Gasteiger charge is 2.27. The summed E-state index contributed by atoms with van der Waals surface area (Å²) in [5.74, 6) is 0.927. The van der Waals surface area contributed by atoms with E-state index in [1.165, 1.54) is 11.9 Å². The van der Waals surface area contributed by atoms with Crippen molar-refractivity contribution in [3.05, 3.63) is 42.5 Å². The molecule has 142 valence electrons. The third kappa shape index (κ3) is 3.88. The van der Waals surface area contributed by atoms with Gasteiger partial charge in [0.25, 0.3) is 0 Å². The molecule has 1 saturated carbocycles. The van der Waals surface area contributed by atoms with Gasteiger partial charge in [0.05, 0.1) is 6.16 Å². The van der Waals surface area contributed by atoms with Gasteiger partial charge in [-0.15, -0.1) is 0 Å². The molecule has 8 nitrogen and oxygen atoms in total. The highest BCUT2D eigenvalue weighted by molar-refractivity contribution is 7.51. The van der Waals surface area contributed by atoms with E-state index >= 15 is 0 Å². The zero-order valence-electron chi connectivity index (χ0n) is 14.8. The van der Waals surface area contributed by atoms with E-state index in [4.69, 9.17) is 15.5 Å². The summed E-state index contributed by atoms with van der Waals surface area (Å²) in [6, 6.07) is 8.30. The Morgan fingerprint density at radius 2 is 1.78 bits per heavy atom. The summed E-state index contributed by atoms with van der Waals surface area (Å²) >= 11 is 0. The summed E-state index contributed by atoms with van der Waals surface area (Å²) in [5, 5.41) is 0. The average Bonchev–Trinajstić information content (AvgIpc) is 3.07. The van der Waals surface area contributed by atoms with Crippen LogP contribution in [0.15, 0.2) is 36.9 Å². The number of imidazole rings is 1. The standard InChI is InChI=1S/C18H22N5O3P/c19-17-16-18(21-10-20-17)23(11-22-16)15-7-5-14(6-8-15)13-3-1-12(2-4-13)9-27(24,25)26/h5-8,10-13H,1-4,9H2,(H2,19,20,21)(H2,24,25,26)/t12-,13-. The van der Waals surface area contributed by atoms with Gasteiger partial charge < -0.3 is 15.5 Å². The van der Waals surface area contributed by atoms with Crippen molar-refractivity contribution in [1.29, 1.82) is 0 Å². The van der Waals surface area contributed by atoms with E-state index in [2.05, 4.69) is 27.1 Å². The Morgan fingerprint density at radius 1 is 1.07 bits per heavy atom. The molecule has 4 N–H and O–H groups in total. The second kappa shape index (κ2) is 7.03. The molecule has 9 heteroatoms. The maximum Gasteiger partial charge on any atom is 0.325 e. The fraction of sp³-hybridized carbons (Fsp3) is 0.389. The van der Waals surface area contributed by atoms with Crippen LogP contribution in [0, 0.1) is 5.92 Å². The lowest BCUT2D eigenvalue weighted by atomic mass is 9.79. The molecule has 0 aliphatic heterocycles. The molecule has 1 aliphatic carbocycles. The first-order chi connectivity index (χ1) is 12.9. The maximum atomic E-state index is 11.2. The van der Waals surface area contributed by atoms with Gasteiger partial charge in [-0.1, -0.05) is 12.1 Å². The summed E-state index contributed by atoms with van der Waals surface area (Å²) in [5.41, 5.74) is 9.31. The predicted molar refractivity (Wildman–Crippen MR) is 103 cm³/mol. The van der Waals surface area contributed by atoms with Gasteiger partial charge in [0, 0.05) is 5.69 Å². The first kappa shape index (κ1) is 18.1. The van der Waals surface area contributed by atoms with Crippen LogP contribution >= 0.6 is 7.60 Å².